The molecule has 1 aromatic rings. The fraction of sp³-hybridized carbons (Fsp3) is 0.462. The number of non-ortho nitro benzene ring substituents is 1. The maximum Gasteiger partial charge on any atom is 0.270 e. The lowest BCUT2D eigenvalue weighted by Crippen LogP contribution is -2.32. The van der Waals surface area contributed by atoms with E-state index in [1.165, 1.54) is 12.1 Å². The Hall–Kier alpha value is -1.91. The van der Waals surface area contributed by atoms with Gasteiger partial charge in [-0.25, -0.2) is 0 Å². The molecular weight excluding hydrogens is 232 g/mol. The molecule has 0 aliphatic heterocycles. The van der Waals surface area contributed by atoms with Gasteiger partial charge in [0.05, 0.1) is 4.92 Å². The van der Waals surface area contributed by atoms with Crippen molar-refractivity contribution < 1.29 is 9.72 Å². The van der Waals surface area contributed by atoms with Crippen LogP contribution in [-0.4, -0.2) is 23.8 Å². The Morgan fingerprint density at radius 2 is 2.11 bits per heavy atom. The molecule has 0 bridgehead atoms. The average molecular weight is 250 g/mol. The van der Waals surface area contributed by atoms with Crippen LogP contribution in [0.15, 0.2) is 18.2 Å². The van der Waals surface area contributed by atoms with E-state index in [0.29, 0.717) is 11.8 Å². The number of benzene rings is 1. The van der Waals surface area contributed by atoms with E-state index in [0.717, 1.165) is 18.7 Å². The van der Waals surface area contributed by atoms with Crippen LogP contribution in [0.1, 0.15) is 37.6 Å². The first kappa shape index (κ1) is 14.2. The molecule has 0 N–H and O–H groups in total. The van der Waals surface area contributed by atoms with Gasteiger partial charge in [0.15, 0.2) is 6.29 Å². The topological polar surface area (TPSA) is 63.4 Å². The van der Waals surface area contributed by atoms with Gasteiger partial charge in [0.25, 0.3) is 5.69 Å². The van der Waals surface area contributed by atoms with Gasteiger partial charge in [-0.1, -0.05) is 6.92 Å². The summed E-state index contributed by atoms with van der Waals surface area (Å²) >= 11 is 0. The first-order valence-corrected chi connectivity index (χ1v) is 6.01. The summed E-state index contributed by atoms with van der Waals surface area (Å²) < 4.78 is 0. The molecular formula is C13H18N2O3. The van der Waals surface area contributed by atoms with Crippen molar-refractivity contribution in [2.24, 2.45) is 0 Å². The van der Waals surface area contributed by atoms with E-state index in [9.17, 15) is 14.9 Å². The number of anilines is 1. The predicted molar refractivity (Wildman–Crippen MR) is 71.3 cm³/mol. The zero-order valence-electron chi connectivity index (χ0n) is 10.9. The smallest absolute Gasteiger partial charge is 0.270 e. The minimum atomic E-state index is -0.490. The number of aldehydes is 1. The van der Waals surface area contributed by atoms with Crippen LogP contribution in [0, 0.1) is 10.1 Å². The minimum absolute atomic E-state index is 0.0546. The molecule has 1 rings (SSSR count). The number of carbonyl (C=O) groups is 1. The van der Waals surface area contributed by atoms with E-state index < -0.39 is 4.92 Å². The lowest BCUT2D eigenvalue weighted by atomic mass is 10.1. The molecule has 0 saturated carbocycles. The van der Waals surface area contributed by atoms with E-state index in [-0.39, 0.29) is 11.7 Å². The van der Waals surface area contributed by atoms with E-state index >= 15 is 0 Å². The van der Waals surface area contributed by atoms with Crippen molar-refractivity contribution in [3.63, 3.8) is 0 Å². The molecule has 0 aliphatic carbocycles. The van der Waals surface area contributed by atoms with Crippen LogP contribution >= 0.6 is 0 Å². The van der Waals surface area contributed by atoms with Crippen LogP contribution in [-0.2, 0) is 0 Å². The first-order chi connectivity index (χ1) is 8.51. The number of nitro benzene ring substituents is 1. The Kier molecular flexibility index (Phi) is 4.83. The van der Waals surface area contributed by atoms with Crippen LogP contribution in [0.4, 0.5) is 11.4 Å². The van der Waals surface area contributed by atoms with Crippen molar-refractivity contribution in [1.82, 2.24) is 0 Å². The summed E-state index contributed by atoms with van der Waals surface area (Å²) in [5.74, 6) is 0. The molecule has 0 spiro atoms. The van der Waals surface area contributed by atoms with Crippen LogP contribution in [0.2, 0.25) is 0 Å². The number of rotatable bonds is 6. The van der Waals surface area contributed by atoms with E-state index in [4.69, 9.17) is 0 Å². The molecule has 0 atom stereocenters. The molecule has 98 valence electrons. The molecule has 5 heteroatoms. The van der Waals surface area contributed by atoms with Crippen molar-refractivity contribution in [1.29, 1.82) is 0 Å². The maximum absolute atomic E-state index is 11.1. The third-order valence-electron chi connectivity index (χ3n) is 2.75. The zero-order valence-corrected chi connectivity index (χ0v) is 10.9. The second-order valence-corrected chi connectivity index (χ2v) is 4.41. The lowest BCUT2D eigenvalue weighted by molar-refractivity contribution is -0.384. The summed E-state index contributed by atoms with van der Waals surface area (Å²) in [7, 11) is 0. The quantitative estimate of drug-likeness (QED) is 0.442. The fourth-order valence-corrected chi connectivity index (χ4v) is 1.91. The number of carbonyl (C=O) groups excluding carboxylic acids is 1. The molecule has 0 aromatic heterocycles. The largest absolute Gasteiger partial charge is 0.369 e. The van der Waals surface area contributed by atoms with Gasteiger partial charge >= 0.3 is 0 Å². The molecule has 18 heavy (non-hydrogen) atoms. The molecule has 0 radical (unpaired) electrons. The van der Waals surface area contributed by atoms with E-state index in [2.05, 4.69) is 11.8 Å². The average Bonchev–Trinajstić information content (AvgIpc) is 2.34. The van der Waals surface area contributed by atoms with E-state index in [1.54, 1.807) is 6.07 Å². The van der Waals surface area contributed by atoms with Gasteiger partial charge in [0.1, 0.15) is 0 Å². The Balaban J connectivity index is 3.21. The van der Waals surface area contributed by atoms with Crippen molar-refractivity contribution in [2.45, 2.75) is 33.2 Å². The monoisotopic (exact) mass is 250 g/mol. The lowest BCUT2D eigenvalue weighted by Gasteiger charge is -2.29. The molecule has 0 fully saturated rings. The van der Waals surface area contributed by atoms with Crippen LogP contribution < -0.4 is 4.90 Å². The van der Waals surface area contributed by atoms with Crippen molar-refractivity contribution in [3.05, 3.63) is 33.9 Å². The Morgan fingerprint density at radius 1 is 1.44 bits per heavy atom. The van der Waals surface area contributed by atoms with Gasteiger partial charge in [-0.3, -0.25) is 14.9 Å². The second kappa shape index (κ2) is 6.14. The SMILES string of the molecule is CCCN(c1ccc([N+](=O)[O-])cc1C=O)C(C)C. The molecule has 0 saturated heterocycles. The first-order valence-electron chi connectivity index (χ1n) is 6.01. The maximum atomic E-state index is 11.1. The molecule has 0 heterocycles. The van der Waals surface area contributed by atoms with Crippen molar-refractivity contribution in [2.75, 3.05) is 11.4 Å². The standard InChI is InChI=1S/C13H18N2O3/c1-4-7-14(10(2)3)13-6-5-12(15(17)18)8-11(13)9-16/h5-6,8-10H,4,7H2,1-3H3. The van der Waals surface area contributed by atoms with Gasteiger partial charge in [-0.2, -0.15) is 0 Å². The highest BCUT2D eigenvalue weighted by Gasteiger charge is 2.16. The summed E-state index contributed by atoms with van der Waals surface area (Å²) in [4.78, 5) is 23.4. The summed E-state index contributed by atoms with van der Waals surface area (Å²) in [5.41, 5.74) is 1.07. The molecule has 0 aliphatic rings. The molecule has 0 unspecified atom stereocenters. The predicted octanol–water partition coefficient (Wildman–Crippen LogP) is 3.03. The van der Waals surface area contributed by atoms with Crippen LogP contribution in [0.25, 0.3) is 0 Å². The van der Waals surface area contributed by atoms with Gasteiger partial charge < -0.3 is 4.90 Å². The van der Waals surface area contributed by atoms with Crippen LogP contribution in [0.3, 0.4) is 0 Å². The van der Waals surface area contributed by atoms with Gasteiger partial charge in [0.2, 0.25) is 0 Å². The highest BCUT2D eigenvalue weighted by atomic mass is 16.6. The summed E-state index contributed by atoms with van der Waals surface area (Å²) in [6.45, 7) is 6.94. The van der Waals surface area contributed by atoms with Gasteiger partial charge in [-0.15, -0.1) is 0 Å². The van der Waals surface area contributed by atoms with Crippen molar-refractivity contribution in [3.8, 4) is 0 Å². The third kappa shape index (κ3) is 3.06. The summed E-state index contributed by atoms with van der Waals surface area (Å²) in [6.07, 6.45) is 1.63. The minimum Gasteiger partial charge on any atom is -0.369 e. The number of hydrogen-bond acceptors (Lipinski definition) is 4. The molecule has 1 aromatic carbocycles. The van der Waals surface area contributed by atoms with Crippen molar-refractivity contribution >= 4 is 17.7 Å². The van der Waals surface area contributed by atoms with Gasteiger partial charge in [-0.05, 0) is 26.3 Å². The van der Waals surface area contributed by atoms with Gasteiger partial charge in [0, 0.05) is 36.0 Å². The Bertz CT molecular complexity index is 444. The summed E-state index contributed by atoms with van der Waals surface area (Å²) in [6, 6.07) is 4.66. The normalized spacial score (nSPS) is 10.4. The van der Waals surface area contributed by atoms with Crippen LogP contribution in [0.5, 0.6) is 0 Å². The molecule has 0 amide bonds. The van der Waals surface area contributed by atoms with E-state index in [1.807, 2.05) is 13.8 Å². The second-order valence-electron chi connectivity index (χ2n) is 4.41. The molecule has 5 nitrogen and oxygen atoms in total. The Labute approximate surface area is 107 Å². The number of nitro groups is 1. The number of hydrogen-bond donors (Lipinski definition) is 0. The highest BCUT2D eigenvalue weighted by molar-refractivity contribution is 5.86. The Morgan fingerprint density at radius 3 is 2.56 bits per heavy atom. The zero-order chi connectivity index (χ0) is 13.7. The third-order valence-corrected chi connectivity index (χ3v) is 2.75. The summed E-state index contributed by atoms with van der Waals surface area (Å²) in [5, 5.41) is 10.7. The number of nitrogens with zero attached hydrogens (tertiary/aromatic N) is 2. The fourth-order valence-electron chi connectivity index (χ4n) is 1.91. The highest BCUT2D eigenvalue weighted by Crippen LogP contribution is 2.26.